The molecule has 6 nitrogen and oxygen atoms in total. The first-order chi connectivity index (χ1) is 16.9. The van der Waals surface area contributed by atoms with Crippen molar-refractivity contribution in [3.8, 4) is 22.6 Å². The second-order valence-electron chi connectivity index (χ2n) is 7.92. The Hall–Kier alpha value is -3.77. The van der Waals surface area contributed by atoms with Crippen molar-refractivity contribution in [2.45, 2.75) is 27.2 Å². The highest BCUT2D eigenvalue weighted by Crippen LogP contribution is 2.36. The molecular formula is C28H26ClNO5. The Morgan fingerprint density at radius 3 is 2.31 bits per heavy atom. The number of ether oxygens (including phenoxy) is 2. The minimum absolute atomic E-state index is 0.208. The maximum atomic E-state index is 13.3. The van der Waals surface area contributed by atoms with Crippen molar-refractivity contribution in [2.75, 3.05) is 18.5 Å². The van der Waals surface area contributed by atoms with E-state index in [1.165, 1.54) is 0 Å². The van der Waals surface area contributed by atoms with E-state index >= 15 is 0 Å². The van der Waals surface area contributed by atoms with Crippen LogP contribution in [0.25, 0.3) is 22.1 Å². The second-order valence-corrected chi connectivity index (χ2v) is 8.36. The third-order valence-electron chi connectivity index (χ3n) is 5.57. The van der Waals surface area contributed by atoms with Gasteiger partial charge in [0.2, 0.25) is 5.91 Å². The summed E-state index contributed by atoms with van der Waals surface area (Å²) in [5, 5.41) is 4.05. The van der Waals surface area contributed by atoms with Crippen molar-refractivity contribution in [3.05, 3.63) is 87.2 Å². The molecule has 0 aliphatic carbocycles. The number of nitrogens with one attached hydrogen (secondary N) is 1. The van der Waals surface area contributed by atoms with E-state index in [1.54, 1.807) is 36.4 Å². The summed E-state index contributed by atoms with van der Waals surface area (Å²) < 4.78 is 17.0. The molecule has 7 heteroatoms. The average molecular weight is 492 g/mol. The maximum absolute atomic E-state index is 13.3. The summed E-state index contributed by atoms with van der Waals surface area (Å²) in [7, 11) is 0. The normalized spacial score (nSPS) is 10.9. The van der Waals surface area contributed by atoms with Gasteiger partial charge in [0.05, 0.1) is 25.2 Å². The molecule has 0 atom stereocenters. The average Bonchev–Trinajstić information content (AvgIpc) is 2.83. The SMILES string of the molecule is CCOc1cccc(OCC)c1NC(=O)Cc1c(-c2ccccc2C)c2cc(Cl)ccc2oc1=O. The summed E-state index contributed by atoms with van der Waals surface area (Å²) in [6.45, 7) is 6.52. The van der Waals surface area contributed by atoms with Gasteiger partial charge in [0.1, 0.15) is 22.8 Å². The third kappa shape index (κ3) is 5.17. The van der Waals surface area contributed by atoms with Crippen LogP contribution in [-0.2, 0) is 11.2 Å². The van der Waals surface area contributed by atoms with Crippen LogP contribution >= 0.6 is 11.6 Å². The Morgan fingerprint density at radius 1 is 0.971 bits per heavy atom. The first-order valence-electron chi connectivity index (χ1n) is 11.4. The fraction of sp³-hybridized carbons (Fsp3) is 0.214. The van der Waals surface area contributed by atoms with Crippen molar-refractivity contribution < 1.29 is 18.7 Å². The lowest BCUT2D eigenvalue weighted by molar-refractivity contribution is -0.115. The predicted molar refractivity (Wildman–Crippen MR) is 139 cm³/mol. The molecule has 0 spiro atoms. The van der Waals surface area contributed by atoms with E-state index in [1.807, 2.05) is 45.0 Å². The minimum atomic E-state index is -0.573. The standard InChI is InChI=1S/C28H26ClNO5/c1-4-33-23-11-8-12-24(34-5-2)27(23)30-25(31)16-21-26(19-10-7-6-9-17(19)3)20-15-18(29)13-14-22(20)35-28(21)32/h6-15H,4-5,16H2,1-3H3,(H,30,31). The Balaban J connectivity index is 1.82. The van der Waals surface area contributed by atoms with E-state index in [4.69, 9.17) is 25.5 Å². The maximum Gasteiger partial charge on any atom is 0.340 e. The predicted octanol–water partition coefficient (Wildman–Crippen LogP) is 6.40. The number of fused-ring (bicyclic) bond motifs is 1. The van der Waals surface area contributed by atoms with Gasteiger partial charge in [-0.1, -0.05) is 41.9 Å². The number of rotatable bonds is 8. The lowest BCUT2D eigenvalue weighted by Gasteiger charge is -2.17. The summed E-state index contributed by atoms with van der Waals surface area (Å²) in [5.74, 6) is 0.577. The molecule has 0 saturated carbocycles. The molecule has 0 aliphatic rings. The van der Waals surface area contributed by atoms with Gasteiger partial charge >= 0.3 is 5.63 Å². The van der Waals surface area contributed by atoms with Crippen molar-refractivity contribution in [2.24, 2.45) is 0 Å². The van der Waals surface area contributed by atoms with Gasteiger partial charge in [-0.15, -0.1) is 0 Å². The summed E-state index contributed by atoms with van der Waals surface area (Å²) in [6, 6.07) is 18.1. The number of aryl methyl sites for hydroxylation is 1. The Labute approximate surface area is 208 Å². The van der Waals surface area contributed by atoms with Gasteiger partial charge in [-0.05, 0) is 62.2 Å². The van der Waals surface area contributed by atoms with Gasteiger partial charge in [-0.3, -0.25) is 4.79 Å². The minimum Gasteiger partial charge on any atom is -0.492 e. The number of hydrogen-bond acceptors (Lipinski definition) is 5. The van der Waals surface area contributed by atoms with Crippen molar-refractivity contribution >= 4 is 34.2 Å². The molecule has 0 fully saturated rings. The molecule has 4 rings (SSSR count). The van der Waals surface area contributed by atoms with E-state index in [0.29, 0.717) is 52.0 Å². The number of benzene rings is 3. The number of amides is 1. The molecule has 1 N–H and O–H groups in total. The Kier molecular flexibility index (Phi) is 7.42. The lowest BCUT2D eigenvalue weighted by atomic mass is 9.92. The summed E-state index contributed by atoms with van der Waals surface area (Å²) in [5.41, 5.74) is 2.93. The van der Waals surface area contributed by atoms with Crippen LogP contribution in [0, 0.1) is 6.92 Å². The highest BCUT2D eigenvalue weighted by atomic mass is 35.5. The number of halogens is 1. The monoisotopic (exact) mass is 491 g/mol. The molecular weight excluding hydrogens is 466 g/mol. The molecule has 35 heavy (non-hydrogen) atoms. The lowest BCUT2D eigenvalue weighted by Crippen LogP contribution is -2.21. The van der Waals surface area contributed by atoms with Crippen LogP contribution in [-0.4, -0.2) is 19.1 Å². The number of anilines is 1. The number of para-hydroxylation sites is 1. The summed E-state index contributed by atoms with van der Waals surface area (Å²) in [6.07, 6.45) is -0.208. The third-order valence-corrected chi connectivity index (χ3v) is 5.80. The van der Waals surface area contributed by atoms with Crippen LogP contribution in [0.4, 0.5) is 5.69 Å². The zero-order valence-electron chi connectivity index (χ0n) is 19.8. The summed E-state index contributed by atoms with van der Waals surface area (Å²) >= 11 is 6.29. The fourth-order valence-corrected chi connectivity index (χ4v) is 4.24. The van der Waals surface area contributed by atoms with Crippen molar-refractivity contribution in [1.82, 2.24) is 0 Å². The van der Waals surface area contributed by atoms with Crippen LogP contribution < -0.4 is 20.4 Å². The zero-order chi connectivity index (χ0) is 24.9. The zero-order valence-corrected chi connectivity index (χ0v) is 20.6. The molecule has 1 amide bonds. The molecule has 180 valence electrons. The van der Waals surface area contributed by atoms with E-state index < -0.39 is 11.5 Å². The molecule has 0 radical (unpaired) electrons. The van der Waals surface area contributed by atoms with Crippen LogP contribution in [0.1, 0.15) is 25.0 Å². The van der Waals surface area contributed by atoms with Crippen LogP contribution in [0.15, 0.2) is 69.9 Å². The highest BCUT2D eigenvalue weighted by molar-refractivity contribution is 6.31. The molecule has 1 heterocycles. The number of carbonyl (C=O) groups excluding carboxylic acids is 1. The van der Waals surface area contributed by atoms with Crippen molar-refractivity contribution in [1.29, 1.82) is 0 Å². The van der Waals surface area contributed by atoms with Crippen LogP contribution in [0.2, 0.25) is 5.02 Å². The molecule has 4 aromatic rings. The topological polar surface area (TPSA) is 77.8 Å². The van der Waals surface area contributed by atoms with Gasteiger partial charge in [0, 0.05) is 16.0 Å². The number of carbonyl (C=O) groups is 1. The van der Waals surface area contributed by atoms with Crippen molar-refractivity contribution in [3.63, 3.8) is 0 Å². The largest absolute Gasteiger partial charge is 0.492 e. The molecule has 1 aromatic heterocycles. The van der Waals surface area contributed by atoms with Gasteiger partial charge in [0.15, 0.2) is 0 Å². The van der Waals surface area contributed by atoms with Crippen LogP contribution in [0.5, 0.6) is 11.5 Å². The molecule has 0 saturated heterocycles. The summed E-state index contributed by atoms with van der Waals surface area (Å²) in [4.78, 5) is 26.4. The molecule has 0 aliphatic heterocycles. The van der Waals surface area contributed by atoms with E-state index in [-0.39, 0.29) is 12.0 Å². The molecule has 3 aromatic carbocycles. The van der Waals surface area contributed by atoms with Gasteiger partial charge in [-0.25, -0.2) is 4.79 Å². The van der Waals surface area contributed by atoms with Gasteiger partial charge in [-0.2, -0.15) is 0 Å². The van der Waals surface area contributed by atoms with E-state index in [2.05, 4.69) is 5.32 Å². The van der Waals surface area contributed by atoms with E-state index in [0.717, 1.165) is 11.1 Å². The van der Waals surface area contributed by atoms with E-state index in [9.17, 15) is 9.59 Å². The second kappa shape index (κ2) is 10.7. The Morgan fingerprint density at radius 2 is 1.66 bits per heavy atom. The fourth-order valence-electron chi connectivity index (χ4n) is 4.06. The number of hydrogen-bond donors (Lipinski definition) is 1. The molecule has 0 bridgehead atoms. The van der Waals surface area contributed by atoms with Gasteiger partial charge in [0.25, 0.3) is 0 Å². The smallest absolute Gasteiger partial charge is 0.340 e. The molecule has 0 unspecified atom stereocenters. The first kappa shape index (κ1) is 24.4. The Bertz CT molecular complexity index is 1420. The highest BCUT2D eigenvalue weighted by Gasteiger charge is 2.22. The first-order valence-corrected chi connectivity index (χ1v) is 11.8. The quantitative estimate of drug-likeness (QED) is 0.288. The van der Waals surface area contributed by atoms with Crippen LogP contribution in [0.3, 0.4) is 0 Å². The van der Waals surface area contributed by atoms with Gasteiger partial charge < -0.3 is 19.2 Å².